The second-order valence-electron chi connectivity index (χ2n) is 6.50. The standard InChI is InChI=1S/C22H24ClN3O4/c1-5-30-20-17(23)12-15(13-18(20)29-4)22(27)25-19(21-24-9-10-26(21)2)14-7-6-8-16(11-14)28-3/h6-13,19H,5H2,1-4H3,(H,25,27). The fourth-order valence-electron chi connectivity index (χ4n) is 3.12. The number of methoxy groups -OCH3 is 2. The number of carbonyl (C=O) groups excluding carboxylic acids is 1. The Morgan fingerprint density at radius 1 is 1.23 bits per heavy atom. The zero-order valence-corrected chi connectivity index (χ0v) is 18.1. The molecule has 0 bridgehead atoms. The van der Waals surface area contributed by atoms with E-state index < -0.39 is 6.04 Å². The average Bonchev–Trinajstić information content (AvgIpc) is 3.18. The van der Waals surface area contributed by atoms with E-state index in [0.717, 1.165) is 5.56 Å². The lowest BCUT2D eigenvalue weighted by Gasteiger charge is -2.20. The topological polar surface area (TPSA) is 74.6 Å². The van der Waals surface area contributed by atoms with Gasteiger partial charge in [-0.3, -0.25) is 4.79 Å². The molecule has 0 saturated carbocycles. The highest BCUT2D eigenvalue weighted by molar-refractivity contribution is 6.32. The summed E-state index contributed by atoms with van der Waals surface area (Å²) >= 11 is 6.34. The summed E-state index contributed by atoms with van der Waals surface area (Å²) in [4.78, 5) is 17.6. The van der Waals surface area contributed by atoms with Crippen molar-refractivity contribution in [3.8, 4) is 17.2 Å². The van der Waals surface area contributed by atoms with Crippen LogP contribution in [0.4, 0.5) is 0 Å². The minimum Gasteiger partial charge on any atom is -0.497 e. The number of halogens is 1. The van der Waals surface area contributed by atoms with Crippen LogP contribution >= 0.6 is 11.6 Å². The molecule has 1 N–H and O–H groups in total. The Morgan fingerprint density at radius 2 is 2.03 bits per heavy atom. The minimum absolute atomic E-state index is 0.302. The summed E-state index contributed by atoms with van der Waals surface area (Å²) in [6.07, 6.45) is 3.51. The number of rotatable bonds is 8. The summed E-state index contributed by atoms with van der Waals surface area (Å²) in [6.45, 7) is 2.28. The highest BCUT2D eigenvalue weighted by Crippen LogP contribution is 2.36. The van der Waals surface area contributed by atoms with Gasteiger partial charge in [0.15, 0.2) is 11.5 Å². The van der Waals surface area contributed by atoms with Crippen molar-refractivity contribution < 1.29 is 19.0 Å². The van der Waals surface area contributed by atoms with E-state index in [1.807, 2.05) is 49.0 Å². The molecule has 1 amide bonds. The molecule has 0 fully saturated rings. The summed E-state index contributed by atoms with van der Waals surface area (Å²) in [5.41, 5.74) is 1.18. The van der Waals surface area contributed by atoms with E-state index in [1.165, 1.54) is 7.11 Å². The van der Waals surface area contributed by atoms with Crippen LogP contribution in [0.25, 0.3) is 0 Å². The Hall–Kier alpha value is -3.19. The number of carbonyl (C=O) groups is 1. The molecule has 158 valence electrons. The molecule has 1 unspecified atom stereocenters. The molecule has 1 atom stereocenters. The smallest absolute Gasteiger partial charge is 0.252 e. The van der Waals surface area contributed by atoms with E-state index in [9.17, 15) is 4.79 Å². The van der Waals surface area contributed by atoms with Crippen molar-refractivity contribution in [1.29, 1.82) is 0 Å². The molecule has 0 aliphatic heterocycles. The number of aromatic nitrogens is 2. The number of imidazole rings is 1. The van der Waals surface area contributed by atoms with Gasteiger partial charge in [0.05, 0.1) is 25.8 Å². The molecule has 8 heteroatoms. The van der Waals surface area contributed by atoms with E-state index in [0.29, 0.717) is 40.3 Å². The molecule has 1 heterocycles. The second kappa shape index (κ2) is 9.54. The number of benzene rings is 2. The molecule has 0 aliphatic rings. The predicted molar refractivity (Wildman–Crippen MR) is 115 cm³/mol. The Kier molecular flexibility index (Phi) is 6.84. The van der Waals surface area contributed by atoms with Crippen LogP contribution in [0.15, 0.2) is 48.8 Å². The van der Waals surface area contributed by atoms with Crippen LogP contribution < -0.4 is 19.5 Å². The zero-order valence-electron chi connectivity index (χ0n) is 17.3. The summed E-state index contributed by atoms with van der Waals surface area (Å²) < 4.78 is 18.1. The molecule has 0 aliphatic carbocycles. The van der Waals surface area contributed by atoms with Crippen molar-refractivity contribution >= 4 is 17.5 Å². The lowest BCUT2D eigenvalue weighted by atomic mass is 10.0. The Balaban J connectivity index is 1.98. The molecule has 0 radical (unpaired) electrons. The van der Waals surface area contributed by atoms with Gasteiger partial charge >= 0.3 is 0 Å². The second-order valence-corrected chi connectivity index (χ2v) is 6.91. The number of hydrogen-bond acceptors (Lipinski definition) is 5. The van der Waals surface area contributed by atoms with E-state index in [-0.39, 0.29) is 5.91 Å². The van der Waals surface area contributed by atoms with E-state index >= 15 is 0 Å². The van der Waals surface area contributed by atoms with E-state index in [1.54, 1.807) is 25.4 Å². The van der Waals surface area contributed by atoms with Crippen LogP contribution in [0.3, 0.4) is 0 Å². The maximum Gasteiger partial charge on any atom is 0.252 e. The maximum atomic E-state index is 13.1. The summed E-state index contributed by atoms with van der Waals surface area (Å²) in [7, 11) is 4.98. The Bertz CT molecular complexity index is 1030. The first kappa shape index (κ1) is 21.5. The van der Waals surface area contributed by atoms with Crippen LogP contribution in [-0.4, -0.2) is 36.3 Å². The fraction of sp³-hybridized carbons (Fsp3) is 0.273. The van der Waals surface area contributed by atoms with Gasteiger partial charge in [0.1, 0.15) is 17.6 Å². The minimum atomic E-state index is -0.496. The Labute approximate surface area is 180 Å². The monoisotopic (exact) mass is 429 g/mol. The third-order valence-corrected chi connectivity index (χ3v) is 4.88. The Morgan fingerprint density at radius 3 is 2.67 bits per heavy atom. The van der Waals surface area contributed by atoms with Crippen LogP contribution in [0.1, 0.15) is 34.7 Å². The summed E-state index contributed by atoms with van der Waals surface area (Å²) in [5, 5.41) is 3.34. The predicted octanol–water partition coefficient (Wildman–Crippen LogP) is 4.01. The lowest BCUT2D eigenvalue weighted by Crippen LogP contribution is -2.31. The van der Waals surface area contributed by atoms with Crippen LogP contribution in [-0.2, 0) is 7.05 Å². The molecule has 3 rings (SSSR count). The van der Waals surface area contributed by atoms with Crippen molar-refractivity contribution in [2.45, 2.75) is 13.0 Å². The van der Waals surface area contributed by atoms with Crippen molar-refractivity contribution in [1.82, 2.24) is 14.9 Å². The van der Waals surface area contributed by atoms with Gasteiger partial charge in [0, 0.05) is 25.0 Å². The van der Waals surface area contributed by atoms with Crippen LogP contribution in [0, 0.1) is 0 Å². The van der Waals surface area contributed by atoms with Gasteiger partial charge in [-0.1, -0.05) is 23.7 Å². The number of aryl methyl sites for hydroxylation is 1. The molecule has 0 spiro atoms. The first-order valence-corrected chi connectivity index (χ1v) is 9.78. The molecular weight excluding hydrogens is 406 g/mol. The highest BCUT2D eigenvalue weighted by atomic mass is 35.5. The van der Waals surface area contributed by atoms with E-state index in [2.05, 4.69) is 10.3 Å². The molecule has 3 aromatic rings. The van der Waals surface area contributed by atoms with Gasteiger partial charge in [-0.05, 0) is 36.8 Å². The van der Waals surface area contributed by atoms with Gasteiger partial charge in [-0.2, -0.15) is 0 Å². The molecule has 1 aromatic heterocycles. The third kappa shape index (κ3) is 4.52. The largest absolute Gasteiger partial charge is 0.497 e. The summed E-state index contributed by atoms with van der Waals surface area (Å²) in [5.74, 6) is 1.84. The van der Waals surface area contributed by atoms with Gasteiger partial charge in [0.25, 0.3) is 5.91 Å². The van der Waals surface area contributed by atoms with Crippen molar-refractivity contribution in [2.24, 2.45) is 7.05 Å². The van der Waals surface area contributed by atoms with Crippen molar-refractivity contribution in [3.63, 3.8) is 0 Å². The fourth-order valence-corrected chi connectivity index (χ4v) is 3.39. The van der Waals surface area contributed by atoms with Gasteiger partial charge in [-0.15, -0.1) is 0 Å². The molecular formula is C22H24ClN3O4. The number of nitrogens with one attached hydrogen (secondary N) is 1. The zero-order chi connectivity index (χ0) is 21.7. The first-order chi connectivity index (χ1) is 14.5. The third-order valence-electron chi connectivity index (χ3n) is 4.60. The van der Waals surface area contributed by atoms with Crippen molar-refractivity contribution in [3.05, 3.63) is 70.8 Å². The lowest BCUT2D eigenvalue weighted by molar-refractivity contribution is 0.0940. The quantitative estimate of drug-likeness (QED) is 0.585. The first-order valence-electron chi connectivity index (χ1n) is 9.40. The average molecular weight is 430 g/mol. The van der Waals surface area contributed by atoms with Gasteiger partial charge in [0.2, 0.25) is 0 Å². The summed E-state index contributed by atoms with van der Waals surface area (Å²) in [6, 6.07) is 10.2. The molecule has 7 nitrogen and oxygen atoms in total. The van der Waals surface area contributed by atoms with Crippen LogP contribution in [0.5, 0.6) is 17.2 Å². The van der Waals surface area contributed by atoms with E-state index in [4.69, 9.17) is 25.8 Å². The molecule has 2 aromatic carbocycles. The van der Waals surface area contributed by atoms with Crippen molar-refractivity contribution in [2.75, 3.05) is 20.8 Å². The maximum absolute atomic E-state index is 13.1. The van der Waals surface area contributed by atoms with Crippen LogP contribution in [0.2, 0.25) is 5.02 Å². The molecule has 0 saturated heterocycles. The number of amides is 1. The highest BCUT2D eigenvalue weighted by Gasteiger charge is 2.23. The van der Waals surface area contributed by atoms with Gasteiger partial charge in [-0.25, -0.2) is 4.98 Å². The van der Waals surface area contributed by atoms with Gasteiger partial charge < -0.3 is 24.1 Å². The SMILES string of the molecule is CCOc1c(Cl)cc(C(=O)NC(c2cccc(OC)c2)c2nccn2C)cc1OC. The number of nitrogens with zero attached hydrogens (tertiary/aromatic N) is 2. The molecule has 30 heavy (non-hydrogen) atoms. The number of hydrogen-bond donors (Lipinski definition) is 1. The normalized spacial score (nSPS) is 11.6. The number of ether oxygens (including phenoxy) is 3.